The Balaban J connectivity index is 1.48. The van der Waals surface area contributed by atoms with Gasteiger partial charge in [-0.15, -0.1) is 5.10 Å². The van der Waals surface area contributed by atoms with Crippen LogP contribution in [-0.4, -0.2) is 52.4 Å². The maximum atomic E-state index is 12.3. The minimum Gasteiger partial charge on any atom is -0.464 e. The SMILES string of the molecule is CCn1nc(COCc2ccccc2)cc1-c1nc(-c2nc(C(=O)OC)cc3c2cnn3C)n(C)n1. The largest absolute Gasteiger partial charge is 0.464 e. The van der Waals surface area contributed by atoms with Crippen molar-refractivity contribution in [1.82, 2.24) is 39.3 Å². The molecule has 11 nitrogen and oxygen atoms in total. The first-order valence-electron chi connectivity index (χ1n) is 11.5. The molecule has 11 heteroatoms. The Morgan fingerprint density at radius 3 is 2.56 bits per heavy atom. The van der Waals surface area contributed by atoms with Gasteiger partial charge in [0.1, 0.15) is 11.4 Å². The predicted molar refractivity (Wildman–Crippen MR) is 132 cm³/mol. The molecule has 0 spiro atoms. The lowest BCUT2D eigenvalue weighted by atomic mass is 10.2. The third-order valence-electron chi connectivity index (χ3n) is 5.84. The van der Waals surface area contributed by atoms with Crippen LogP contribution < -0.4 is 0 Å². The van der Waals surface area contributed by atoms with Crippen LogP contribution in [0.25, 0.3) is 33.9 Å². The molecule has 0 aliphatic rings. The van der Waals surface area contributed by atoms with Crippen molar-refractivity contribution in [2.45, 2.75) is 26.7 Å². The monoisotopic (exact) mass is 486 g/mol. The van der Waals surface area contributed by atoms with Crippen LogP contribution in [0.15, 0.2) is 48.7 Å². The molecule has 5 rings (SSSR count). The average molecular weight is 487 g/mol. The minimum absolute atomic E-state index is 0.171. The highest BCUT2D eigenvalue weighted by atomic mass is 16.5. The Morgan fingerprint density at radius 1 is 1.00 bits per heavy atom. The second-order valence-electron chi connectivity index (χ2n) is 8.25. The summed E-state index contributed by atoms with van der Waals surface area (Å²) in [5.41, 5.74) is 4.07. The summed E-state index contributed by atoms with van der Waals surface area (Å²) in [6.07, 6.45) is 1.70. The van der Waals surface area contributed by atoms with Gasteiger partial charge in [0.05, 0.1) is 37.7 Å². The molecule has 5 aromatic rings. The Labute approximate surface area is 207 Å². The lowest BCUT2D eigenvalue weighted by Crippen LogP contribution is -2.07. The minimum atomic E-state index is -0.536. The molecule has 0 N–H and O–H groups in total. The number of nitrogens with zero attached hydrogens (tertiary/aromatic N) is 8. The molecule has 0 aliphatic carbocycles. The zero-order chi connectivity index (χ0) is 25.2. The maximum Gasteiger partial charge on any atom is 0.356 e. The van der Waals surface area contributed by atoms with Gasteiger partial charge in [0.25, 0.3) is 0 Å². The van der Waals surface area contributed by atoms with Gasteiger partial charge in [-0.1, -0.05) is 30.3 Å². The number of hydrogen-bond donors (Lipinski definition) is 0. The van der Waals surface area contributed by atoms with Crippen LogP contribution in [0.2, 0.25) is 0 Å². The van der Waals surface area contributed by atoms with E-state index in [2.05, 4.69) is 20.3 Å². The summed E-state index contributed by atoms with van der Waals surface area (Å²) in [5, 5.41) is 14.4. The average Bonchev–Trinajstić information content (AvgIpc) is 3.60. The lowest BCUT2D eigenvalue weighted by molar-refractivity contribution is 0.0594. The van der Waals surface area contributed by atoms with Crippen LogP contribution >= 0.6 is 0 Å². The molecule has 4 aromatic heterocycles. The highest BCUT2D eigenvalue weighted by molar-refractivity contribution is 5.97. The Kier molecular flexibility index (Phi) is 6.30. The van der Waals surface area contributed by atoms with Crippen LogP contribution in [0.5, 0.6) is 0 Å². The number of carbonyl (C=O) groups excluding carboxylic acids is 1. The number of fused-ring (bicyclic) bond motifs is 1. The van der Waals surface area contributed by atoms with Gasteiger partial charge < -0.3 is 9.47 Å². The number of methoxy groups -OCH3 is 1. The number of aromatic nitrogens is 8. The van der Waals surface area contributed by atoms with E-state index >= 15 is 0 Å². The van der Waals surface area contributed by atoms with Gasteiger partial charge in [0.2, 0.25) is 0 Å². The van der Waals surface area contributed by atoms with E-state index < -0.39 is 5.97 Å². The first kappa shape index (κ1) is 23.4. The Morgan fingerprint density at radius 2 is 1.81 bits per heavy atom. The molecule has 0 aliphatic heterocycles. The molecule has 4 heterocycles. The van der Waals surface area contributed by atoms with Crippen molar-refractivity contribution in [1.29, 1.82) is 0 Å². The van der Waals surface area contributed by atoms with E-state index in [-0.39, 0.29) is 5.69 Å². The number of benzene rings is 1. The molecular formula is C25H26N8O3. The molecule has 0 atom stereocenters. The highest BCUT2D eigenvalue weighted by Crippen LogP contribution is 2.28. The van der Waals surface area contributed by atoms with Crippen LogP contribution in [0.1, 0.15) is 28.7 Å². The lowest BCUT2D eigenvalue weighted by Gasteiger charge is -2.05. The van der Waals surface area contributed by atoms with E-state index in [0.29, 0.717) is 37.1 Å². The third-order valence-corrected chi connectivity index (χ3v) is 5.84. The van der Waals surface area contributed by atoms with E-state index in [1.165, 1.54) is 7.11 Å². The summed E-state index contributed by atoms with van der Waals surface area (Å²) >= 11 is 0. The molecule has 1 aromatic carbocycles. The molecule has 0 unspecified atom stereocenters. The van der Waals surface area contributed by atoms with Crippen molar-refractivity contribution < 1.29 is 14.3 Å². The number of rotatable bonds is 8. The van der Waals surface area contributed by atoms with E-state index in [1.807, 2.05) is 48.0 Å². The molecule has 0 saturated carbocycles. The molecule has 0 saturated heterocycles. The highest BCUT2D eigenvalue weighted by Gasteiger charge is 2.22. The van der Waals surface area contributed by atoms with Crippen molar-refractivity contribution in [3.8, 4) is 23.0 Å². The zero-order valence-electron chi connectivity index (χ0n) is 20.5. The molecule has 0 radical (unpaired) electrons. The van der Waals surface area contributed by atoms with Crippen molar-refractivity contribution >= 4 is 16.9 Å². The number of aryl methyl sites for hydroxylation is 3. The fourth-order valence-electron chi connectivity index (χ4n) is 4.03. The predicted octanol–water partition coefficient (Wildman–Crippen LogP) is 3.15. The molecule has 184 valence electrons. The van der Waals surface area contributed by atoms with Gasteiger partial charge in [-0.2, -0.15) is 10.2 Å². The number of carbonyl (C=O) groups is 1. The summed E-state index contributed by atoms with van der Waals surface area (Å²) in [6.45, 7) is 3.53. The molecule has 36 heavy (non-hydrogen) atoms. The van der Waals surface area contributed by atoms with Gasteiger partial charge >= 0.3 is 5.97 Å². The van der Waals surface area contributed by atoms with Crippen molar-refractivity contribution in [2.24, 2.45) is 14.1 Å². The van der Waals surface area contributed by atoms with Gasteiger partial charge in [-0.05, 0) is 24.6 Å². The number of esters is 1. The summed E-state index contributed by atoms with van der Waals surface area (Å²) in [5.74, 6) is 0.462. The number of pyridine rings is 1. The van der Waals surface area contributed by atoms with E-state index in [9.17, 15) is 4.79 Å². The fourth-order valence-corrected chi connectivity index (χ4v) is 4.03. The normalized spacial score (nSPS) is 11.3. The van der Waals surface area contributed by atoms with E-state index in [1.54, 1.807) is 35.7 Å². The summed E-state index contributed by atoms with van der Waals surface area (Å²) in [6, 6.07) is 13.6. The molecule has 0 amide bonds. The number of hydrogen-bond acceptors (Lipinski definition) is 8. The molecular weight excluding hydrogens is 460 g/mol. The molecule has 0 bridgehead atoms. The van der Waals surface area contributed by atoms with Crippen LogP contribution in [0.3, 0.4) is 0 Å². The van der Waals surface area contributed by atoms with Crippen molar-refractivity contribution in [3.05, 3.63) is 65.6 Å². The van der Waals surface area contributed by atoms with Crippen LogP contribution in [0.4, 0.5) is 0 Å². The third kappa shape index (κ3) is 4.36. The van der Waals surface area contributed by atoms with Gasteiger partial charge in [0.15, 0.2) is 17.3 Å². The molecule has 0 fully saturated rings. The van der Waals surface area contributed by atoms with Crippen molar-refractivity contribution in [2.75, 3.05) is 7.11 Å². The summed E-state index contributed by atoms with van der Waals surface area (Å²) in [4.78, 5) is 21.6. The Hall–Kier alpha value is -4.38. The van der Waals surface area contributed by atoms with Gasteiger partial charge in [-0.3, -0.25) is 9.36 Å². The number of ether oxygens (including phenoxy) is 2. The van der Waals surface area contributed by atoms with E-state index in [0.717, 1.165) is 27.9 Å². The maximum absolute atomic E-state index is 12.3. The van der Waals surface area contributed by atoms with Crippen LogP contribution in [-0.2, 0) is 43.3 Å². The second-order valence-corrected chi connectivity index (χ2v) is 8.25. The zero-order valence-corrected chi connectivity index (χ0v) is 20.5. The smallest absolute Gasteiger partial charge is 0.356 e. The van der Waals surface area contributed by atoms with Gasteiger partial charge in [-0.25, -0.2) is 19.4 Å². The van der Waals surface area contributed by atoms with E-state index in [4.69, 9.17) is 14.5 Å². The van der Waals surface area contributed by atoms with Crippen LogP contribution in [0, 0.1) is 0 Å². The summed E-state index contributed by atoms with van der Waals surface area (Å²) < 4.78 is 15.9. The van der Waals surface area contributed by atoms with Crippen molar-refractivity contribution in [3.63, 3.8) is 0 Å². The fraction of sp³-hybridized carbons (Fsp3) is 0.280. The Bertz CT molecular complexity index is 1530. The summed E-state index contributed by atoms with van der Waals surface area (Å²) in [7, 11) is 4.91. The van der Waals surface area contributed by atoms with Gasteiger partial charge in [0, 0.05) is 26.0 Å². The standard InChI is InChI=1S/C25H26N8O3/c1-5-33-21(11-17(29-33)15-36-14-16-9-7-6-8-10-16)23-28-24(32(3)30-23)22-18-13-26-31(2)20(18)12-19(27-22)25(34)35-4/h6-13H,5,14-15H2,1-4H3. The second kappa shape index (κ2) is 9.70. The first-order chi connectivity index (χ1) is 17.5. The topological polar surface area (TPSA) is 115 Å². The first-order valence-corrected chi connectivity index (χ1v) is 11.5. The quantitative estimate of drug-likeness (QED) is 0.307.